The molecule has 2 aromatic rings. The van der Waals surface area contributed by atoms with Crippen LogP contribution in [-0.4, -0.2) is 9.97 Å². The minimum atomic E-state index is -2.67. The summed E-state index contributed by atoms with van der Waals surface area (Å²) in [6.07, 6.45) is 3.09. The average molecular weight is 236 g/mol. The van der Waals surface area contributed by atoms with E-state index in [1.54, 1.807) is 48.8 Å². The van der Waals surface area contributed by atoms with Gasteiger partial charge in [-0.25, -0.2) is 14.5 Å². The average Bonchev–Trinajstić information content (AvgIpc) is 2.31. The van der Waals surface area contributed by atoms with Gasteiger partial charge in [-0.3, -0.25) is 0 Å². The molecule has 0 aliphatic heterocycles. The molecule has 0 radical (unpaired) electrons. The lowest BCUT2D eigenvalue weighted by molar-refractivity contribution is 0.403. The molecule has 0 atom stereocenters. The largest absolute Gasteiger partial charge is 0.421 e. The van der Waals surface area contributed by atoms with Crippen molar-refractivity contribution in [1.82, 2.24) is 9.97 Å². The zero-order chi connectivity index (χ0) is 11.2. The Bertz CT molecular complexity index is 421. The summed E-state index contributed by atoms with van der Waals surface area (Å²) in [6, 6.07) is 10.2. The molecule has 0 aromatic carbocycles. The molecule has 82 valence electrons. The van der Waals surface area contributed by atoms with E-state index in [2.05, 4.69) is 9.97 Å². The Morgan fingerprint density at radius 3 is 1.75 bits per heavy atom. The second-order valence-electron chi connectivity index (χ2n) is 2.79. The summed E-state index contributed by atoms with van der Waals surface area (Å²) in [5.74, 6) is 0.532. The summed E-state index contributed by atoms with van der Waals surface area (Å²) >= 11 is 0. The zero-order valence-corrected chi connectivity index (χ0v) is 9.24. The third-order valence-corrected chi connectivity index (χ3v) is 2.40. The van der Waals surface area contributed by atoms with E-state index in [4.69, 9.17) is 9.05 Å². The van der Waals surface area contributed by atoms with Crippen LogP contribution < -0.4 is 9.05 Å². The molecule has 2 heterocycles. The summed E-state index contributed by atoms with van der Waals surface area (Å²) < 4.78 is 21.4. The minimum Gasteiger partial charge on any atom is -0.399 e. The van der Waals surface area contributed by atoms with E-state index in [1.165, 1.54) is 0 Å². The lowest BCUT2D eigenvalue weighted by atomic mass is 10.5. The summed E-state index contributed by atoms with van der Waals surface area (Å²) in [7, 11) is -2.67. The Kier molecular flexibility index (Phi) is 3.51. The van der Waals surface area contributed by atoms with Gasteiger partial charge < -0.3 is 9.05 Å². The van der Waals surface area contributed by atoms with Gasteiger partial charge >= 0.3 is 8.25 Å². The molecule has 0 spiro atoms. The van der Waals surface area contributed by atoms with Gasteiger partial charge in [-0.1, -0.05) is 12.1 Å². The molecule has 0 unspecified atom stereocenters. The second-order valence-corrected chi connectivity index (χ2v) is 3.70. The molecule has 0 aliphatic rings. The standard InChI is InChI=1S/C10H9N2O3P/c13-16(14-9-5-1-3-7-11-9)15-10-6-2-4-8-12-10/h1-8,16H. The first-order valence-electron chi connectivity index (χ1n) is 4.56. The molecule has 0 amide bonds. The first-order chi connectivity index (χ1) is 7.84. The van der Waals surface area contributed by atoms with Crippen LogP contribution in [0.4, 0.5) is 0 Å². The van der Waals surface area contributed by atoms with Gasteiger partial charge in [0.15, 0.2) is 0 Å². The van der Waals surface area contributed by atoms with Crippen LogP contribution in [0.3, 0.4) is 0 Å². The first kappa shape index (κ1) is 10.6. The maximum atomic E-state index is 11.4. The van der Waals surface area contributed by atoms with Crippen molar-refractivity contribution in [3.63, 3.8) is 0 Å². The Hall–Kier alpha value is -1.87. The van der Waals surface area contributed by atoms with Gasteiger partial charge in [0, 0.05) is 24.5 Å². The number of rotatable bonds is 4. The third-order valence-electron chi connectivity index (χ3n) is 1.65. The molecule has 6 heteroatoms. The quantitative estimate of drug-likeness (QED) is 0.762. The van der Waals surface area contributed by atoms with Crippen LogP contribution in [0, 0.1) is 0 Å². The van der Waals surface area contributed by atoms with Crippen LogP contribution in [0.15, 0.2) is 48.8 Å². The molecule has 0 saturated carbocycles. The van der Waals surface area contributed by atoms with E-state index < -0.39 is 8.25 Å². The smallest absolute Gasteiger partial charge is 0.399 e. The molecule has 0 bridgehead atoms. The van der Waals surface area contributed by atoms with Crippen LogP contribution in [0.25, 0.3) is 0 Å². The predicted molar refractivity (Wildman–Crippen MR) is 58.7 cm³/mol. The van der Waals surface area contributed by atoms with Gasteiger partial charge in [0.1, 0.15) is 0 Å². The fourth-order valence-corrected chi connectivity index (χ4v) is 1.63. The molecule has 2 aromatic heterocycles. The topological polar surface area (TPSA) is 61.3 Å². The molecule has 0 fully saturated rings. The molecule has 5 nitrogen and oxygen atoms in total. The Balaban J connectivity index is 1.95. The Morgan fingerprint density at radius 1 is 0.875 bits per heavy atom. The van der Waals surface area contributed by atoms with Crippen LogP contribution in [0.1, 0.15) is 0 Å². The van der Waals surface area contributed by atoms with E-state index in [9.17, 15) is 4.57 Å². The predicted octanol–water partition coefficient (Wildman–Crippen LogP) is 2.32. The highest BCUT2D eigenvalue weighted by Gasteiger charge is 2.04. The van der Waals surface area contributed by atoms with Crippen LogP contribution >= 0.6 is 8.25 Å². The highest BCUT2D eigenvalue weighted by Crippen LogP contribution is 2.27. The van der Waals surface area contributed by atoms with Crippen LogP contribution in [0.5, 0.6) is 11.8 Å². The van der Waals surface area contributed by atoms with Gasteiger partial charge in [-0.2, -0.15) is 0 Å². The number of aromatic nitrogens is 2. The summed E-state index contributed by atoms with van der Waals surface area (Å²) in [5.41, 5.74) is 0. The molecule has 0 saturated heterocycles. The summed E-state index contributed by atoms with van der Waals surface area (Å²) in [4.78, 5) is 7.73. The summed E-state index contributed by atoms with van der Waals surface area (Å²) in [5, 5.41) is 0. The Morgan fingerprint density at radius 2 is 1.38 bits per heavy atom. The minimum absolute atomic E-state index is 0.266. The maximum absolute atomic E-state index is 11.4. The molecule has 16 heavy (non-hydrogen) atoms. The van der Waals surface area contributed by atoms with Crippen molar-refractivity contribution < 1.29 is 13.6 Å². The van der Waals surface area contributed by atoms with Crippen molar-refractivity contribution in [2.75, 3.05) is 0 Å². The van der Waals surface area contributed by atoms with Crippen molar-refractivity contribution in [3.8, 4) is 11.8 Å². The monoisotopic (exact) mass is 236 g/mol. The maximum Gasteiger partial charge on any atom is 0.421 e. The second kappa shape index (κ2) is 5.28. The lowest BCUT2D eigenvalue weighted by Crippen LogP contribution is -1.91. The van der Waals surface area contributed by atoms with E-state index in [0.29, 0.717) is 0 Å². The molecular formula is C10H9N2O3P. The van der Waals surface area contributed by atoms with Gasteiger partial charge in [-0.15, -0.1) is 0 Å². The lowest BCUT2D eigenvalue weighted by Gasteiger charge is -2.05. The van der Waals surface area contributed by atoms with Crippen LogP contribution in [-0.2, 0) is 4.57 Å². The SMILES string of the molecule is O=[PH](Oc1ccccn1)Oc1ccccn1. The highest BCUT2D eigenvalue weighted by atomic mass is 31.1. The van der Waals surface area contributed by atoms with E-state index >= 15 is 0 Å². The van der Waals surface area contributed by atoms with Crippen molar-refractivity contribution in [2.24, 2.45) is 0 Å². The number of hydrogen-bond donors (Lipinski definition) is 0. The van der Waals surface area contributed by atoms with E-state index in [-0.39, 0.29) is 11.8 Å². The first-order valence-corrected chi connectivity index (χ1v) is 5.79. The van der Waals surface area contributed by atoms with E-state index in [1.807, 2.05) is 0 Å². The highest BCUT2D eigenvalue weighted by molar-refractivity contribution is 7.34. The van der Waals surface area contributed by atoms with E-state index in [0.717, 1.165) is 0 Å². The van der Waals surface area contributed by atoms with Gasteiger partial charge in [0.25, 0.3) is 0 Å². The van der Waals surface area contributed by atoms with Crippen molar-refractivity contribution in [3.05, 3.63) is 48.8 Å². The molecular weight excluding hydrogens is 227 g/mol. The van der Waals surface area contributed by atoms with Crippen LogP contribution in [0.2, 0.25) is 0 Å². The third kappa shape index (κ3) is 3.07. The van der Waals surface area contributed by atoms with Crippen molar-refractivity contribution in [2.45, 2.75) is 0 Å². The number of pyridine rings is 2. The fraction of sp³-hybridized carbons (Fsp3) is 0. The number of hydrogen-bond acceptors (Lipinski definition) is 5. The number of nitrogens with zero attached hydrogens (tertiary/aromatic N) is 2. The molecule has 0 N–H and O–H groups in total. The molecule has 0 aliphatic carbocycles. The fourth-order valence-electron chi connectivity index (χ4n) is 1.01. The Labute approximate surface area is 93.0 Å². The van der Waals surface area contributed by atoms with Crippen molar-refractivity contribution >= 4 is 8.25 Å². The van der Waals surface area contributed by atoms with Gasteiger partial charge in [0.05, 0.1) is 0 Å². The normalized spacial score (nSPS) is 10.1. The van der Waals surface area contributed by atoms with Crippen molar-refractivity contribution in [1.29, 1.82) is 0 Å². The van der Waals surface area contributed by atoms with Gasteiger partial charge in [0.2, 0.25) is 11.8 Å². The molecule has 2 rings (SSSR count). The van der Waals surface area contributed by atoms with Gasteiger partial charge in [-0.05, 0) is 12.1 Å². The zero-order valence-electron chi connectivity index (χ0n) is 8.24. The summed E-state index contributed by atoms with van der Waals surface area (Å²) in [6.45, 7) is 0.